The van der Waals surface area contributed by atoms with Crippen molar-refractivity contribution in [1.29, 1.82) is 0 Å². The zero-order chi connectivity index (χ0) is 27.8. The van der Waals surface area contributed by atoms with Crippen molar-refractivity contribution in [2.24, 2.45) is 21.3 Å². The van der Waals surface area contributed by atoms with Gasteiger partial charge in [-0.2, -0.15) is 0 Å². The summed E-state index contributed by atoms with van der Waals surface area (Å²) in [6.45, 7) is 4.02. The predicted octanol–water partition coefficient (Wildman–Crippen LogP) is 3.34. The Morgan fingerprint density at radius 1 is 1.00 bits per heavy atom. The van der Waals surface area contributed by atoms with Crippen molar-refractivity contribution in [3.05, 3.63) is 108 Å². The summed E-state index contributed by atoms with van der Waals surface area (Å²) in [5.41, 5.74) is 2.57. The molecule has 2 unspecified atom stereocenters. The van der Waals surface area contributed by atoms with Gasteiger partial charge in [-0.05, 0) is 105 Å². The molecule has 3 aromatic rings. The Kier molecular flexibility index (Phi) is 4.87. The lowest BCUT2D eigenvalue weighted by Gasteiger charge is -2.27. The van der Waals surface area contributed by atoms with Crippen LogP contribution in [0.3, 0.4) is 0 Å². The lowest BCUT2D eigenvalue weighted by Crippen LogP contribution is -2.47. The van der Waals surface area contributed by atoms with Crippen LogP contribution in [-0.4, -0.2) is 42.3 Å². The van der Waals surface area contributed by atoms with Crippen LogP contribution < -0.4 is 16.0 Å². The number of nitrogens with one attached hydrogen (secondary N) is 2. The Morgan fingerprint density at radius 3 is 2.61 bits per heavy atom. The number of ketones is 1. The maximum atomic E-state index is 14.3. The van der Waals surface area contributed by atoms with Gasteiger partial charge in [0.2, 0.25) is 0 Å². The molecule has 8 rings (SSSR count). The summed E-state index contributed by atoms with van der Waals surface area (Å²) in [5.74, 6) is 0.391. The molecule has 8 heteroatoms. The van der Waals surface area contributed by atoms with E-state index in [9.17, 15) is 4.79 Å². The highest BCUT2D eigenvalue weighted by atomic mass is 16.1. The van der Waals surface area contributed by atoms with E-state index < -0.39 is 16.6 Å². The third kappa shape index (κ3) is 3.78. The molecule has 1 saturated heterocycles. The minimum absolute atomic E-state index is 0.166. The van der Waals surface area contributed by atoms with Gasteiger partial charge in [-0.1, -0.05) is 0 Å². The minimum atomic E-state index is -0.914. The summed E-state index contributed by atoms with van der Waals surface area (Å²) in [7, 11) is 0. The monoisotopic (exact) mass is 539 g/mol. The number of fused-ring (bicyclic) bond motifs is 6. The first kappa shape index (κ1) is 24.0. The summed E-state index contributed by atoms with van der Waals surface area (Å²) in [5, 5.41) is 5.64. The van der Waals surface area contributed by atoms with Gasteiger partial charge in [0, 0.05) is 40.5 Å². The lowest BCUT2D eigenvalue weighted by molar-refractivity contribution is -0.127. The molecule has 202 valence electrons. The Balaban J connectivity index is 1.36. The van der Waals surface area contributed by atoms with Crippen molar-refractivity contribution in [2.45, 2.75) is 37.9 Å². The smallest absolute Gasteiger partial charge is 0.177 e. The minimum Gasteiger partial charge on any atom is -0.372 e. The van der Waals surface area contributed by atoms with Crippen LogP contribution in [0.15, 0.2) is 107 Å². The van der Waals surface area contributed by atoms with Gasteiger partial charge >= 0.3 is 0 Å². The van der Waals surface area contributed by atoms with Crippen molar-refractivity contribution in [1.82, 2.24) is 24.8 Å². The van der Waals surface area contributed by atoms with Crippen LogP contribution >= 0.6 is 0 Å². The number of nitrogens with zero attached hydrogens (tertiary/aromatic N) is 5. The zero-order valence-corrected chi connectivity index (χ0v) is 22.9. The van der Waals surface area contributed by atoms with Gasteiger partial charge in [-0.15, -0.1) is 0 Å². The van der Waals surface area contributed by atoms with Crippen molar-refractivity contribution >= 4 is 29.4 Å². The fraction of sp³-hybridized carbons (Fsp3) is 0.242. The van der Waals surface area contributed by atoms with E-state index in [1.54, 1.807) is 18.7 Å². The molecule has 0 radical (unpaired) electrons. The predicted molar refractivity (Wildman–Crippen MR) is 159 cm³/mol. The standard InChI is InChI=1S/C33H29N7O/c1-31(2)29-17-32(40-19-28(35-20-40)21-4-3-13-34-18-21)12-11-26(38-32)15-25-8-7-23(36-25)14-24-9-10-27(37-24)16-33(39-29,30(31)41)22-5-6-22/h3-4,7-20,22,36,39H,5-6H2,1-2H3. The molecule has 3 aromatic heterocycles. The van der Waals surface area contributed by atoms with Gasteiger partial charge in [-0.25, -0.2) is 15.0 Å². The summed E-state index contributed by atoms with van der Waals surface area (Å²) < 4.78 is 2.00. The second-order valence-electron chi connectivity index (χ2n) is 11.9. The van der Waals surface area contributed by atoms with E-state index in [1.165, 1.54) is 0 Å². The zero-order valence-electron chi connectivity index (χ0n) is 22.9. The van der Waals surface area contributed by atoms with Crippen LogP contribution in [0.5, 0.6) is 0 Å². The van der Waals surface area contributed by atoms with E-state index in [2.05, 4.69) is 33.5 Å². The first-order valence-corrected chi connectivity index (χ1v) is 14.0. The van der Waals surface area contributed by atoms with Gasteiger partial charge < -0.3 is 14.9 Å². The molecule has 2 atom stereocenters. The summed E-state index contributed by atoms with van der Waals surface area (Å²) in [6, 6.07) is 7.97. The van der Waals surface area contributed by atoms with Crippen LogP contribution in [0.1, 0.15) is 26.7 Å². The molecular weight excluding hydrogens is 510 g/mol. The number of rotatable bonds is 3. The summed E-state index contributed by atoms with van der Waals surface area (Å²) in [6.07, 6.45) is 25.6. The fourth-order valence-electron chi connectivity index (χ4n) is 6.31. The van der Waals surface area contributed by atoms with E-state index in [0.29, 0.717) is 0 Å². The van der Waals surface area contributed by atoms with Gasteiger partial charge in [0.1, 0.15) is 5.54 Å². The third-order valence-corrected chi connectivity index (χ3v) is 8.69. The highest BCUT2D eigenvalue weighted by Gasteiger charge is 2.60. The molecule has 8 bridgehead atoms. The van der Waals surface area contributed by atoms with Crippen LogP contribution in [0.25, 0.3) is 23.4 Å². The number of carbonyl (C=O) groups is 1. The van der Waals surface area contributed by atoms with E-state index in [1.807, 2.05) is 79.3 Å². The number of hydrogen-bond donors (Lipinski definition) is 2. The molecule has 5 aliphatic rings. The van der Waals surface area contributed by atoms with Crippen molar-refractivity contribution < 1.29 is 4.79 Å². The Bertz CT molecular complexity index is 1930. The number of H-pyrrole nitrogens is 1. The maximum absolute atomic E-state index is 14.3. The number of imidazole rings is 1. The first-order chi connectivity index (χ1) is 19.8. The van der Waals surface area contributed by atoms with Crippen LogP contribution in [-0.2, 0) is 10.5 Å². The van der Waals surface area contributed by atoms with E-state index in [4.69, 9.17) is 15.0 Å². The molecule has 4 aliphatic heterocycles. The van der Waals surface area contributed by atoms with E-state index in [-0.39, 0.29) is 11.7 Å². The largest absolute Gasteiger partial charge is 0.372 e. The molecule has 1 aliphatic carbocycles. The molecule has 0 aromatic carbocycles. The van der Waals surface area contributed by atoms with Crippen molar-refractivity contribution in [3.8, 4) is 11.3 Å². The van der Waals surface area contributed by atoms with Crippen molar-refractivity contribution in [3.63, 3.8) is 0 Å². The van der Waals surface area contributed by atoms with Crippen LogP contribution in [0.4, 0.5) is 0 Å². The summed E-state index contributed by atoms with van der Waals surface area (Å²) in [4.78, 5) is 36.8. The summed E-state index contributed by atoms with van der Waals surface area (Å²) >= 11 is 0. The van der Waals surface area contributed by atoms with Gasteiger partial charge in [0.25, 0.3) is 0 Å². The van der Waals surface area contributed by atoms with Gasteiger partial charge in [0.15, 0.2) is 11.4 Å². The van der Waals surface area contributed by atoms with Gasteiger partial charge in [0.05, 0.1) is 34.6 Å². The SMILES string of the molecule is CC1(C)C(=O)C2(C3CC3)C=C3C=CC(=N3)C=c3ccc([nH]3)=CC3=NC(n4cnc(-c5cccnc5)c4)(C=C3)C=C1N2. The van der Waals surface area contributed by atoms with E-state index in [0.717, 1.165) is 57.6 Å². The lowest BCUT2D eigenvalue weighted by atomic mass is 9.77. The molecular formula is C33H29N7O. The number of allylic oxidation sites excluding steroid dienone is 4. The molecule has 2 fully saturated rings. The molecule has 2 N–H and O–H groups in total. The van der Waals surface area contributed by atoms with Crippen LogP contribution in [0.2, 0.25) is 0 Å². The average Bonchev–Trinajstić information content (AvgIpc) is 3.33. The second kappa shape index (κ2) is 8.33. The number of aliphatic imine (C=N–C) groups is 2. The fourth-order valence-corrected chi connectivity index (χ4v) is 6.31. The molecule has 41 heavy (non-hydrogen) atoms. The Hall–Kier alpha value is -4.85. The Labute approximate surface area is 237 Å². The van der Waals surface area contributed by atoms with Gasteiger partial charge in [-0.3, -0.25) is 9.78 Å². The number of pyridine rings is 1. The molecule has 8 nitrogen and oxygen atoms in total. The number of aromatic nitrogens is 4. The number of Topliss-reactive ketones (excluding diaryl/α,β-unsaturated/α-hetero) is 1. The van der Waals surface area contributed by atoms with Crippen LogP contribution in [0, 0.1) is 11.3 Å². The molecule has 0 spiro atoms. The van der Waals surface area contributed by atoms with Crippen molar-refractivity contribution in [2.75, 3.05) is 0 Å². The number of hydrogen-bond acceptors (Lipinski definition) is 6. The average molecular weight is 540 g/mol. The maximum Gasteiger partial charge on any atom is 0.177 e. The third-order valence-electron chi connectivity index (χ3n) is 8.69. The molecule has 0 amide bonds. The second-order valence-corrected chi connectivity index (χ2v) is 11.9. The molecule has 1 saturated carbocycles. The normalized spacial score (nSPS) is 27.4. The quantitative estimate of drug-likeness (QED) is 0.533. The van der Waals surface area contributed by atoms with E-state index >= 15 is 0 Å². The highest BCUT2D eigenvalue weighted by molar-refractivity contribution is 6.20. The molecule has 7 heterocycles. The number of aromatic amines is 1. The number of carbonyl (C=O) groups excluding carboxylic acids is 1. The topological polar surface area (TPSA) is 100 Å². The Morgan fingerprint density at radius 2 is 1.83 bits per heavy atom. The highest BCUT2D eigenvalue weighted by Crippen LogP contribution is 2.52. The first-order valence-electron chi connectivity index (χ1n) is 14.0.